The first-order valence-corrected chi connectivity index (χ1v) is 4.21. The molecule has 2 heteroatoms. The molecule has 0 bridgehead atoms. The molecule has 1 aromatic carbocycles. The first-order chi connectivity index (χ1) is 5.97. The molecule has 0 saturated carbocycles. The second kappa shape index (κ2) is 3.39. The highest BCUT2D eigenvalue weighted by atomic mass is 16.6. The second-order valence-electron chi connectivity index (χ2n) is 2.84. The number of hydrogen-bond donors (Lipinski definition) is 0. The van der Waals surface area contributed by atoms with E-state index >= 15 is 0 Å². The highest BCUT2D eigenvalue weighted by molar-refractivity contribution is 6.00. The van der Waals surface area contributed by atoms with Crippen molar-refractivity contribution in [1.82, 2.24) is 0 Å². The largest absolute Gasteiger partial charge is 0.396 e. The summed E-state index contributed by atoms with van der Waals surface area (Å²) in [5, 5.41) is 4.02. The summed E-state index contributed by atoms with van der Waals surface area (Å²) < 4.78 is 0. The van der Waals surface area contributed by atoms with Gasteiger partial charge in [0, 0.05) is 0 Å². The third kappa shape index (κ3) is 1.47. The van der Waals surface area contributed by atoms with Crippen LogP contribution in [0.4, 0.5) is 0 Å². The predicted molar refractivity (Wildman–Crippen MR) is 48.2 cm³/mol. The van der Waals surface area contributed by atoms with Gasteiger partial charge in [0.1, 0.15) is 6.61 Å². The van der Waals surface area contributed by atoms with Gasteiger partial charge >= 0.3 is 0 Å². The van der Waals surface area contributed by atoms with E-state index in [0.29, 0.717) is 0 Å². The fraction of sp³-hybridized carbons (Fsp3) is 0.300. The standard InChI is InChI=1S/C10H11NO/c1-2-5-9(6-3-1)10-7-4-8-12-11-10/h1-3,5-6H,4,7-8H2. The highest BCUT2D eigenvalue weighted by Gasteiger charge is 2.07. The van der Waals surface area contributed by atoms with Crippen LogP contribution in [0.5, 0.6) is 0 Å². The quantitative estimate of drug-likeness (QED) is 0.618. The summed E-state index contributed by atoms with van der Waals surface area (Å²) in [4.78, 5) is 5.02. The van der Waals surface area contributed by atoms with Gasteiger partial charge in [-0.3, -0.25) is 0 Å². The van der Waals surface area contributed by atoms with E-state index in [1.165, 1.54) is 5.56 Å². The molecule has 1 aliphatic heterocycles. The van der Waals surface area contributed by atoms with Crippen molar-refractivity contribution in [1.29, 1.82) is 0 Å². The van der Waals surface area contributed by atoms with E-state index in [2.05, 4.69) is 17.3 Å². The molecule has 2 nitrogen and oxygen atoms in total. The smallest absolute Gasteiger partial charge is 0.117 e. The molecule has 1 aliphatic rings. The van der Waals surface area contributed by atoms with E-state index < -0.39 is 0 Å². The van der Waals surface area contributed by atoms with Crippen LogP contribution in [0, 0.1) is 0 Å². The average Bonchev–Trinajstić information content (AvgIpc) is 2.21. The van der Waals surface area contributed by atoms with Crippen molar-refractivity contribution in [3.05, 3.63) is 35.9 Å². The second-order valence-corrected chi connectivity index (χ2v) is 2.84. The number of nitrogens with zero attached hydrogens (tertiary/aromatic N) is 1. The maximum Gasteiger partial charge on any atom is 0.117 e. The molecule has 1 heterocycles. The summed E-state index contributed by atoms with van der Waals surface area (Å²) in [5.74, 6) is 0. The van der Waals surface area contributed by atoms with Gasteiger partial charge in [-0.1, -0.05) is 35.5 Å². The lowest BCUT2D eigenvalue weighted by Gasteiger charge is -2.10. The van der Waals surface area contributed by atoms with E-state index in [9.17, 15) is 0 Å². The van der Waals surface area contributed by atoms with Gasteiger partial charge in [0.05, 0.1) is 5.71 Å². The zero-order chi connectivity index (χ0) is 8.23. The monoisotopic (exact) mass is 161 g/mol. The Labute approximate surface area is 71.8 Å². The molecular weight excluding hydrogens is 150 g/mol. The molecule has 0 fully saturated rings. The zero-order valence-corrected chi connectivity index (χ0v) is 6.86. The van der Waals surface area contributed by atoms with Crippen molar-refractivity contribution in [3.63, 3.8) is 0 Å². The van der Waals surface area contributed by atoms with Crippen LogP contribution in [0.25, 0.3) is 0 Å². The van der Waals surface area contributed by atoms with Gasteiger partial charge in [-0.25, -0.2) is 0 Å². The summed E-state index contributed by atoms with van der Waals surface area (Å²) in [6.07, 6.45) is 2.11. The first kappa shape index (κ1) is 7.35. The Balaban J connectivity index is 2.24. The van der Waals surface area contributed by atoms with Gasteiger partial charge in [-0.15, -0.1) is 0 Å². The number of rotatable bonds is 1. The molecule has 0 aromatic heterocycles. The Morgan fingerprint density at radius 2 is 2.00 bits per heavy atom. The number of hydrogen-bond acceptors (Lipinski definition) is 2. The molecule has 0 saturated heterocycles. The summed E-state index contributed by atoms with van der Waals surface area (Å²) in [7, 11) is 0. The molecule has 0 radical (unpaired) electrons. The maximum atomic E-state index is 5.02. The highest BCUT2D eigenvalue weighted by Crippen LogP contribution is 2.10. The molecule has 0 atom stereocenters. The third-order valence-corrected chi connectivity index (χ3v) is 1.93. The number of benzene rings is 1. The normalized spacial score (nSPS) is 16.5. The maximum absolute atomic E-state index is 5.02. The Kier molecular flexibility index (Phi) is 2.08. The van der Waals surface area contributed by atoms with Crippen molar-refractivity contribution in [3.8, 4) is 0 Å². The van der Waals surface area contributed by atoms with Gasteiger partial charge in [-0.2, -0.15) is 0 Å². The van der Waals surface area contributed by atoms with Gasteiger partial charge in [-0.05, 0) is 18.4 Å². The summed E-state index contributed by atoms with van der Waals surface area (Å²) in [6.45, 7) is 0.760. The van der Waals surface area contributed by atoms with Crippen LogP contribution in [-0.2, 0) is 4.84 Å². The van der Waals surface area contributed by atoms with Crippen molar-refractivity contribution < 1.29 is 4.84 Å². The van der Waals surface area contributed by atoms with Crippen LogP contribution >= 0.6 is 0 Å². The third-order valence-electron chi connectivity index (χ3n) is 1.93. The van der Waals surface area contributed by atoms with Crippen LogP contribution in [0.2, 0.25) is 0 Å². The molecule has 2 rings (SSSR count). The van der Waals surface area contributed by atoms with Crippen LogP contribution in [-0.4, -0.2) is 12.3 Å². The molecule has 0 amide bonds. The Morgan fingerprint density at radius 3 is 2.67 bits per heavy atom. The molecule has 12 heavy (non-hydrogen) atoms. The zero-order valence-electron chi connectivity index (χ0n) is 6.86. The van der Waals surface area contributed by atoms with Gasteiger partial charge in [0.15, 0.2) is 0 Å². The molecule has 0 N–H and O–H groups in total. The molecule has 1 aromatic rings. The minimum Gasteiger partial charge on any atom is -0.396 e. The van der Waals surface area contributed by atoms with E-state index in [1.807, 2.05) is 18.2 Å². The summed E-state index contributed by atoms with van der Waals surface area (Å²) in [5.41, 5.74) is 2.25. The van der Waals surface area contributed by atoms with Crippen molar-refractivity contribution in [2.45, 2.75) is 12.8 Å². The van der Waals surface area contributed by atoms with E-state index in [4.69, 9.17) is 4.84 Å². The van der Waals surface area contributed by atoms with E-state index in [-0.39, 0.29) is 0 Å². The summed E-state index contributed by atoms with van der Waals surface area (Å²) in [6, 6.07) is 10.2. The average molecular weight is 161 g/mol. The van der Waals surface area contributed by atoms with Gasteiger partial charge in [0.2, 0.25) is 0 Å². The minimum atomic E-state index is 0.760. The fourth-order valence-electron chi connectivity index (χ4n) is 1.30. The molecular formula is C10H11NO. The molecule has 62 valence electrons. The lowest BCUT2D eigenvalue weighted by molar-refractivity contribution is 0.132. The lowest BCUT2D eigenvalue weighted by atomic mass is 10.1. The molecule has 0 unspecified atom stereocenters. The Bertz CT molecular complexity index is 279. The summed E-state index contributed by atoms with van der Waals surface area (Å²) >= 11 is 0. The molecule has 0 aliphatic carbocycles. The number of oxime groups is 1. The van der Waals surface area contributed by atoms with Crippen LogP contribution < -0.4 is 0 Å². The van der Waals surface area contributed by atoms with Crippen molar-refractivity contribution >= 4 is 5.71 Å². The first-order valence-electron chi connectivity index (χ1n) is 4.21. The topological polar surface area (TPSA) is 21.6 Å². The SMILES string of the molecule is c1ccc(C2=NOCCC2)cc1. The Hall–Kier alpha value is -1.31. The van der Waals surface area contributed by atoms with Crippen molar-refractivity contribution in [2.24, 2.45) is 5.16 Å². The van der Waals surface area contributed by atoms with Crippen LogP contribution in [0.3, 0.4) is 0 Å². The van der Waals surface area contributed by atoms with E-state index in [0.717, 1.165) is 25.2 Å². The minimum absolute atomic E-state index is 0.760. The van der Waals surface area contributed by atoms with Crippen LogP contribution in [0.1, 0.15) is 18.4 Å². The Morgan fingerprint density at radius 1 is 1.17 bits per heavy atom. The molecule has 0 spiro atoms. The van der Waals surface area contributed by atoms with Gasteiger partial charge < -0.3 is 4.84 Å². The lowest BCUT2D eigenvalue weighted by Crippen LogP contribution is -2.08. The van der Waals surface area contributed by atoms with Crippen molar-refractivity contribution in [2.75, 3.05) is 6.61 Å². The van der Waals surface area contributed by atoms with E-state index in [1.54, 1.807) is 0 Å². The fourth-order valence-corrected chi connectivity index (χ4v) is 1.30. The van der Waals surface area contributed by atoms with Gasteiger partial charge in [0.25, 0.3) is 0 Å². The predicted octanol–water partition coefficient (Wildman–Crippen LogP) is 2.20. The van der Waals surface area contributed by atoms with Crippen LogP contribution in [0.15, 0.2) is 35.5 Å².